The van der Waals surface area contributed by atoms with Gasteiger partial charge in [-0.3, -0.25) is 0 Å². The number of amides is 1. The maximum Gasteiger partial charge on any atom is 0.414 e. The van der Waals surface area contributed by atoms with E-state index in [2.05, 4.69) is 15.5 Å². The molecule has 0 atom stereocenters. The van der Waals surface area contributed by atoms with Gasteiger partial charge in [0.1, 0.15) is 5.75 Å². The molecular weight excluding hydrogens is 324 g/mol. The van der Waals surface area contributed by atoms with Gasteiger partial charge in [-0.2, -0.15) is 0 Å². The fourth-order valence-electron chi connectivity index (χ4n) is 2.22. The number of rotatable bonds is 7. The van der Waals surface area contributed by atoms with Crippen LogP contribution in [0, 0.1) is 0 Å². The van der Waals surface area contributed by atoms with E-state index in [1.807, 2.05) is 29.0 Å². The maximum atomic E-state index is 11.8. The second-order valence-corrected chi connectivity index (χ2v) is 5.23. The minimum absolute atomic E-state index is 0.102. The van der Waals surface area contributed by atoms with Crippen LogP contribution in [-0.4, -0.2) is 34.5 Å². The lowest BCUT2D eigenvalue weighted by atomic mass is 10.1. The molecule has 130 valence electrons. The van der Waals surface area contributed by atoms with Gasteiger partial charge in [0, 0.05) is 31.0 Å². The van der Waals surface area contributed by atoms with Crippen molar-refractivity contribution in [3.05, 3.63) is 49.1 Å². The van der Waals surface area contributed by atoms with Crippen LogP contribution in [0.4, 0.5) is 4.79 Å². The molecule has 3 aromatic rings. The second kappa shape index (κ2) is 8.00. The minimum Gasteiger partial charge on any atom is -0.497 e. The molecule has 8 heteroatoms. The first-order valence-corrected chi connectivity index (χ1v) is 7.77. The summed E-state index contributed by atoms with van der Waals surface area (Å²) in [6, 6.07) is 8.88. The first-order chi connectivity index (χ1) is 12.2. The van der Waals surface area contributed by atoms with Gasteiger partial charge in [-0.05, 0) is 23.7 Å². The van der Waals surface area contributed by atoms with Crippen LogP contribution in [-0.2, 0) is 6.54 Å². The highest BCUT2D eigenvalue weighted by Crippen LogP contribution is 2.26. The highest BCUT2D eigenvalue weighted by Gasteiger charge is 2.11. The van der Waals surface area contributed by atoms with Crippen molar-refractivity contribution in [2.24, 2.45) is 0 Å². The van der Waals surface area contributed by atoms with Gasteiger partial charge in [-0.25, -0.2) is 9.78 Å². The molecule has 0 fully saturated rings. The highest BCUT2D eigenvalue weighted by atomic mass is 16.6. The van der Waals surface area contributed by atoms with E-state index in [-0.39, 0.29) is 5.88 Å². The Labute approximate surface area is 144 Å². The van der Waals surface area contributed by atoms with Crippen molar-refractivity contribution >= 4 is 6.09 Å². The predicted molar refractivity (Wildman–Crippen MR) is 89.4 cm³/mol. The number of nitrogens with zero attached hydrogens (tertiary/aromatic N) is 3. The molecule has 0 aliphatic rings. The highest BCUT2D eigenvalue weighted by molar-refractivity contribution is 5.70. The summed E-state index contributed by atoms with van der Waals surface area (Å²) in [4.78, 5) is 15.7. The molecule has 25 heavy (non-hydrogen) atoms. The van der Waals surface area contributed by atoms with Gasteiger partial charge in [-0.1, -0.05) is 12.1 Å². The summed E-state index contributed by atoms with van der Waals surface area (Å²) in [6.07, 6.45) is 5.50. The zero-order valence-electron chi connectivity index (χ0n) is 13.7. The molecule has 2 aromatic heterocycles. The van der Waals surface area contributed by atoms with Gasteiger partial charge in [0.05, 0.1) is 19.5 Å². The molecule has 3 rings (SSSR count). The quantitative estimate of drug-likeness (QED) is 0.664. The number of aryl methyl sites for hydroxylation is 1. The molecule has 0 saturated heterocycles. The summed E-state index contributed by atoms with van der Waals surface area (Å²) in [5, 5.41) is 6.41. The molecule has 8 nitrogen and oxygen atoms in total. The van der Waals surface area contributed by atoms with Crippen LogP contribution >= 0.6 is 0 Å². The average molecular weight is 342 g/mol. The Morgan fingerprint density at radius 2 is 2.28 bits per heavy atom. The first-order valence-electron chi connectivity index (χ1n) is 7.77. The Morgan fingerprint density at radius 3 is 3.08 bits per heavy atom. The number of ether oxygens (including phenoxy) is 2. The van der Waals surface area contributed by atoms with E-state index in [0.29, 0.717) is 18.1 Å². The van der Waals surface area contributed by atoms with Gasteiger partial charge in [0.15, 0.2) is 5.76 Å². The number of hydrogen-bond donors (Lipinski definition) is 1. The lowest BCUT2D eigenvalue weighted by Crippen LogP contribution is -2.28. The molecule has 1 N–H and O–H groups in total. The molecule has 1 amide bonds. The van der Waals surface area contributed by atoms with Crippen molar-refractivity contribution in [3.8, 4) is 23.0 Å². The van der Waals surface area contributed by atoms with Crippen LogP contribution in [0.2, 0.25) is 0 Å². The summed E-state index contributed by atoms with van der Waals surface area (Å²) in [7, 11) is 1.59. The lowest BCUT2D eigenvalue weighted by molar-refractivity contribution is 0.195. The number of benzene rings is 1. The van der Waals surface area contributed by atoms with Crippen LogP contribution in [0.1, 0.15) is 6.42 Å². The monoisotopic (exact) mass is 342 g/mol. The van der Waals surface area contributed by atoms with Gasteiger partial charge in [0.25, 0.3) is 5.88 Å². The van der Waals surface area contributed by atoms with E-state index < -0.39 is 6.09 Å². The van der Waals surface area contributed by atoms with Crippen LogP contribution in [0.15, 0.2) is 53.6 Å². The van der Waals surface area contributed by atoms with Crippen LogP contribution < -0.4 is 14.8 Å². The van der Waals surface area contributed by atoms with E-state index in [1.54, 1.807) is 31.8 Å². The Balaban J connectivity index is 1.48. The van der Waals surface area contributed by atoms with Gasteiger partial charge < -0.3 is 23.9 Å². The first kappa shape index (κ1) is 16.6. The Hall–Kier alpha value is -3.29. The van der Waals surface area contributed by atoms with Crippen LogP contribution in [0.5, 0.6) is 11.6 Å². The normalized spacial score (nSPS) is 10.4. The smallest absolute Gasteiger partial charge is 0.414 e. The van der Waals surface area contributed by atoms with E-state index >= 15 is 0 Å². The third-order valence-corrected chi connectivity index (χ3v) is 3.46. The Kier molecular flexibility index (Phi) is 5.30. The minimum atomic E-state index is -0.573. The third kappa shape index (κ3) is 4.60. The number of nitrogens with one attached hydrogen (secondary N) is 1. The molecule has 0 spiro atoms. The molecule has 0 bridgehead atoms. The molecule has 0 aliphatic heterocycles. The number of imidazole rings is 1. The average Bonchev–Trinajstić information content (AvgIpc) is 3.31. The van der Waals surface area contributed by atoms with Crippen LogP contribution in [0.3, 0.4) is 0 Å². The molecule has 0 aliphatic carbocycles. The van der Waals surface area contributed by atoms with E-state index in [0.717, 1.165) is 18.5 Å². The SMILES string of the molecule is COc1cccc(-c2cc(OC(=O)NCCCn3ccnc3)no2)c1. The van der Waals surface area contributed by atoms with Gasteiger partial charge in [-0.15, -0.1) is 0 Å². The number of hydrogen-bond acceptors (Lipinski definition) is 6. The van der Waals surface area contributed by atoms with E-state index in [1.165, 1.54) is 0 Å². The van der Waals surface area contributed by atoms with E-state index in [9.17, 15) is 4.79 Å². The van der Waals surface area contributed by atoms with Crippen molar-refractivity contribution in [3.63, 3.8) is 0 Å². The molecule has 1 aromatic carbocycles. The van der Waals surface area contributed by atoms with Crippen LogP contribution in [0.25, 0.3) is 11.3 Å². The molecular formula is C17H18N4O4. The van der Waals surface area contributed by atoms with Gasteiger partial charge >= 0.3 is 6.09 Å². The Bertz CT molecular complexity index is 814. The van der Waals surface area contributed by atoms with Crippen molar-refractivity contribution < 1.29 is 18.8 Å². The number of carbonyl (C=O) groups excluding carboxylic acids is 1. The standard InChI is InChI=1S/C17H18N4O4/c1-23-14-5-2-4-13(10-14)15-11-16(20-25-15)24-17(22)19-6-3-8-21-9-7-18-12-21/h2,4-5,7,9-12H,3,6,8H2,1H3,(H,19,22). The molecule has 0 saturated carbocycles. The largest absolute Gasteiger partial charge is 0.497 e. The summed E-state index contributed by atoms with van der Waals surface area (Å²) >= 11 is 0. The fraction of sp³-hybridized carbons (Fsp3) is 0.235. The number of carbonyl (C=O) groups is 1. The zero-order chi connectivity index (χ0) is 17.5. The zero-order valence-corrected chi connectivity index (χ0v) is 13.7. The predicted octanol–water partition coefficient (Wildman–Crippen LogP) is 2.73. The summed E-state index contributed by atoms with van der Waals surface area (Å²) in [5.41, 5.74) is 0.780. The van der Waals surface area contributed by atoms with Crippen molar-refractivity contribution in [1.82, 2.24) is 20.0 Å². The summed E-state index contributed by atoms with van der Waals surface area (Å²) in [5.74, 6) is 1.29. The van der Waals surface area contributed by atoms with Gasteiger partial charge in [0.2, 0.25) is 0 Å². The van der Waals surface area contributed by atoms with E-state index in [4.69, 9.17) is 14.0 Å². The fourth-order valence-corrected chi connectivity index (χ4v) is 2.22. The topological polar surface area (TPSA) is 91.4 Å². The van der Waals surface area contributed by atoms with Crippen molar-refractivity contribution in [2.45, 2.75) is 13.0 Å². The van der Waals surface area contributed by atoms with Crippen molar-refractivity contribution in [2.75, 3.05) is 13.7 Å². The third-order valence-electron chi connectivity index (χ3n) is 3.46. The molecule has 0 unspecified atom stereocenters. The lowest BCUT2D eigenvalue weighted by Gasteiger charge is -2.04. The molecule has 0 radical (unpaired) electrons. The molecule has 2 heterocycles. The number of aromatic nitrogens is 3. The Morgan fingerprint density at radius 1 is 1.36 bits per heavy atom. The number of methoxy groups -OCH3 is 1. The second-order valence-electron chi connectivity index (χ2n) is 5.23. The van der Waals surface area contributed by atoms with Crippen molar-refractivity contribution in [1.29, 1.82) is 0 Å². The summed E-state index contributed by atoms with van der Waals surface area (Å²) < 4.78 is 17.4. The summed E-state index contributed by atoms with van der Waals surface area (Å²) in [6.45, 7) is 1.25. The maximum absolute atomic E-state index is 11.8.